The van der Waals surface area contributed by atoms with Crippen LogP contribution in [0, 0.1) is 5.92 Å². The first-order chi connectivity index (χ1) is 11.7. The van der Waals surface area contributed by atoms with Crippen molar-refractivity contribution in [1.82, 2.24) is 9.97 Å². The highest BCUT2D eigenvalue weighted by atomic mass is 32.2. The summed E-state index contributed by atoms with van der Waals surface area (Å²) in [4.78, 5) is 22.5. The zero-order valence-electron chi connectivity index (χ0n) is 13.6. The van der Waals surface area contributed by atoms with E-state index in [9.17, 15) is 4.79 Å². The quantitative estimate of drug-likeness (QED) is 0.817. The first-order valence-corrected chi connectivity index (χ1v) is 9.21. The minimum Gasteiger partial charge on any atom is -0.370 e. The van der Waals surface area contributed by atoms with Crippen LogP contribution >= 0.6 is 11.8 Å². The summed E-state index contributed by atoms with van der Waals surface area (Å²) in [6.45, 7) is 1.78. The summed E-state index contributed by atoms with van der Waals surface area (Å²) in [5.41, 5.74) is 6.61. The van der Waals surface area contributed by atoms with Crippen LogP contribution in [0.4, 0.5) is 5.82 Å². The van der Waals surface area contributed by atoms with E-state index in [2.05, 4.69) is 22.0 Å². The number of nitrogens with zero attached hydrogens (tertiary/aromatic N) is 3. The fraction of sp³-hybridized carbons (Fsp3) is 0.389. The van der Waals surface area contributed by atoms with Gasteiger partial charge in [0.05, 0.1) is 12.4 Å². The molecule has 1 aromatic heterocycles. The van der Waals surface area contributed by atoms with Crippen molar-refractivity contribution in [3.05, 3.63) is 48.3 Å². The first-order valence-electron chi connectivity index (χ1n) is 8.23. The smallest absolute Gasteiger partial charge is 0.217 e. The fourth-order valence-electron chi connectivity index (χ4n) is 3.02. The van der Waals surface area contributed by atoms with Gasteiger partial charge in [0.1, 0.15) is 10.8 Å². The van der Waals surface area contributed by atoms with E-state index in [1.807, 2.05) is 24.4 Å². The van der Waals surface area contributed by atoms with Crippen molar-refractivity contribution in [1.29, 1.82) is 0 Å². The second-order valence-corrected chi connectivity index (χ2v) is 7.11. The van der Waals surface area contributed by atoms with Crippen molar-refractivity contribution < 1.29 is 4.79 Å². The summed E-state index contributed by atoms with van der Waals surface area (Å²) in [7, 11) is 0. The molecule has 1 aromatic carbocycles. The summed E-state index contributed by atoms with van der Waals surface area (Å²) in [6, 6.07) is 10.3. The molecule has 1 fully saturated rings. The predicted octanol–water partition coefficient (Wildman–Crippen LogP) is 2.86. The third kappa shape index (κ3) is 4.71. The SMILES string of the molecule is NC(=O)C[C@H]1CCCN(c2cncc(SCc3ccccc3)n2)C1. The Morgan fingerprint density at radius 3 is 2.92 bits per heavy atom. The molecule has 0 radical (unpaired) electrons. The number of thioether (sulfide) groups is 1. The van der Waals surface area contributed by atoms with E-state index in [4.69, 9.17) is 10.7 Å². The van der Waals surface area contributed by atoms with Crippen LogP contribution in [-0.2, 0) is 10.5 Å². The van der Waals surface area contributed by atoms with Crippen LogP contribution in [0.5, 0.6) is 0 Å². The number of primary amides is 1. The molecule has 0 aliphatic carbocycles. The minimum atomic E-state index is -0.222. The largest absolute Gasteiger partial charge is 0.370 e. The molecule has 2 N–H and O–H groups in total. The highest BCUT2D eigenvalue weighted by Crippen LogP contribution is 2.26. The average Bonchev–Trinajstić information content (AvgIpc) is 2.61. The molecular formula is C18H22N4OS. The number of amides is 1. The lowest BCUT2D eigenvalue weighted by Crippen LogP contribution is -2.37. The maximum Gasteiger partial charge on any atom is 0.217 e. The van der Waals surface area contributed by atoms with Gasteiger partial charge < -0.3 is 10.6 Å². The molecule has 0 spiro atoms. The van der Waals surface area contributed by atoms with Crippen molar-refractivity contribution in [2.24, 2.45) is 11.7 Å². The van der Waals surface area contributed by atoms with E-state index in [-0.39, 0.29) is 5.91 Å². The molecule has 1 aliphatic heterocycles. The van der Waals surface area contributed by atoms with E-state index >= 15 is 0 Å². The molecule has 0 saturated carbocycles. The third-order valence-corrected chi connectivity index (χ3v) is 5.13. The number of hydrogen-bond donors (Lipinski definition) is 1. The Morgan fingerprint density at radius 1 is 1.29 bits per heavy atom. The minimum absolute atomic E-state index is 0.222. The molecule has 24 heavy (non-hydrogen) atoms. The number of carbonyl (C=O) groups is 1. The number of nitrogens with two attached hydrogens (primary N) is 1. The van der Waals surface area contributed by atoms with E-state index in [1.165, 1.54) is 5.56 Å². The maximum absolute atomic E-state index is 11.2. The van der Waals surface area contributed by atoms with Crippen molar-refractivity contribution in [2.45, 2.75) is 30.0 Å². The van der Waals surface area contributed by atoms with Crippen molar-refractivity contribution >= 4 is 23.5 Å². The third-order valence-electron chi connectivity index (χ3n) is 4.16. The number of piperidine rings is 1. The van der Waals surface area contributed by atoms with E-state index < -0.39 is 0 Å². The molecule has 6 heteroatoms. The van der Waals surface area contributed by atoms with Gasteiger partial charge in [0.15, 0.2) is 0 Å². The summed E-state index contributed by atoms with van der Waals surface area (Å²) in [5.74, 6) is 1.87. The van der Waals surface area contributed by atoms with Gasteiger partial charge in [-0.3, -0.25) is 9.78 Å². The first kappa shape index (κ1) is 16.8. The Morgan fingerprint density at radius 2 is 2.12 bits per heavy atom. The predicted molar refractivity (Wildman–Crippen MR) is 96.8 cm³/mol. The molecule has 0 unspecified atom stereocenters. The lowest BCUT2D eigenvalue weighted by molar-refractivity contribution is -0.118. The lowest BCUT2D eigenvalue weighted by atomic mass is 9.94. The zero-order valence-corrected chi connectivity index (χ0v) is 14.4. The molecule has 1 atom stereocenters. The number of rotatable bonds is 6. The molecule has 1 saturated heterocycles. The molecule has 2 aromatic rings. The van der Waals surface area contributed by atoms with Crippen LogP contribution in [0.3, 0.4) is 0 Å². The summed E-state index contributed by atoms with van der Waals surface area (Å²) in [5, 5.41) is 0.924. The van der Waals surface area contributed by atoms with Gasteiger partial charge in [-0.25, -0.2) is 4.98 Å². The van der Waals surface area contributed by atoms with E-state index in [1.54, 1.807) is 18.0 Å². The van der Waals surface area contributed by atoms with Gasteiger partial charge in [0, 0.05) is 25.3 Å². The standard InChI is InChI=1S/C18H22N4OS/c19-16(23)9-15-7-4-8-22(12-15)17-10-20-11-18(21-17)24-13-14-5-2-1-3-6-14/h1-3,5-6,10-11,15H,4,7-9,12-13H2,(H2,19,23)/t15-/m1/s1. The van der Waals surface area contributed by atoms with Gasteiger partial charge >= 0.3 is 0 Å². The summed E-state index contributed by atoms with van der Waals surface area (Å²) < 4.78 is 0. The summed E-state index contributed by atoms with van der Waals surface area (Å²) in [6.07, 6.45) is 6.17. The second kappa shape index (κ2) is 8.15. The molecule has 1 aliphatic rings. The maximum atomic E-state index is 11.2. The normalized spacial score (nSPS) is 17.7. The molecule has 2 heterocycles. The van der Waals surface area contributed by atoms with Crippen LogP contribution in [0.1, 0.15) is 24.8 Å². The van der Waals surface area contributed by atoms with Crippen LogP contribution in [0.2, 0.25) is 0 Å². The van der Waals surface area contributed by atoms with Crippen molar-refractivity contribution in [2.75, 3.05) is 18.0 Å². The van der Waals surface area contributed by atoms with Crippen LogP contribution in [-0.4, -0.2) is 29.0 Å². The van der Waals surface area contributed by atoms with Crippen LogP contribution in [0.15, 0.2) is 47.8 Å². The zero-order chi connectivity index (χ0) is 16.8. The van der Waals surface area contributed by atoms with Crippen molar-refractivity contribution in [3.63, 3.8) is 0 Å². The van der Waals surface area contributed by atoms with Gasteiger partial charge in [0.25, 0.3) is 0 Å². The van der Waals surface area contributed by atoms with Gasteiger partial charge in [-0.2, -0.15) is 0 Å². The van der Waals surface area contributed by atoms with Gasteiger partial charge in [-0.15, -0.1) is 11.8 Å². The van der Waals surface area contributed by atoms with Gasteiger partial charge in [0.2, 0.25) is 5.91 Å². The lowest BCUT2D eigenvalue weighted by Gasteiger charge is -2.33. The summed E-state index contributed by atoms with van der Waals surface area (Å²) >= 11 is 1.69. The Hall–Kier alpha value is -2.08. The monoisotopic (exact) mass is 342 g/mol. The van der Waals surface area contributed by atoms with Crippen LogP contribution in [0.25, 0.3) is 0 Å². The number of benzene rings is 1. The topological polar surface area (TPSA) is 72.1 Å². The van der Waals surface area contributed by atoms with E-state index in [0.29, 0.717) is 12.3 Å². The van der Waals surface area contributed by atoms with E-state index in [0.717, 1.165) is 42.5 Å². The van der Waals surface area contributed by atoms with Crippen molar-refractivity contribution in [3.8, 4) is 0 Å². The average molecular weight is 342 g/mol. The molecule has 1 amide bonds. The highest BCUT2D eigenvalue weighted by Gasteiger charge is 2.22. The number of carbonyl (C=O) groups excluding carboxylic acids is 1. The molecular weight excluding hydrogens is 320 g/mol. The van der Waals surface area contributed by atoms with Gasteiger partial charge in [-0.1, -0.05) is 30.3 Å². The molecule has 126 valence electrons. The number of hydrogen-bond acceptors (Lipinski definition) is 5. The second-order valence-electron chi connectivity index (χ2n) is 6.11. The molecule has 3 rings (SSSR count). The molecule has 5 nitrogen and oxygen atoms in total. The Bertz CT molecular complexity index is 680. The highest BCUT2D eigenvalue weighted by molar-refractivity contribution is 7.98. The Labute approximate surface area is 146 Å². The Balaban J connectivity index is 1.63. The number of aromatic nitrogens is 2. The Kier molecular flexibility index (Phi) is 5.69. The molecule has 0 bridgehead atoms. The number of anilines is 1. The van der Waals surface area contributed by atoms with Crippen LogP contribution < -0.4 is 10.6 Å². The fourth-order valence-corrected chi connectivity index (χ4v) is 3.82. The van der Waals surface area contributed by atoms with Gasteiger partial charge in [-0.05, 0) is 24.3 Å².